The van der Waals surface area contributed by atoms with Crippen LogP contribution < -0.4 is 10.2 Å². The van der Waals surface area contributed by atoms with E-state index in [1.54, 1.807) is 0 Å². The van der Waals surface area contributed by atoms with Crippen LogP contribution in [0.1, 0.15) is 6.42 Å². The molecule has 0 aliphatic heterocycles. The molecule has 4 nitrogen and oxygen atoms in total. The monoisotopic (exact) mass is 570 g/mol. The van der Waals surface area contributed by atoms with Crippen LogP contribution in [-0.4, -0.2) is 17.3 Å². The largest absolute Gasteiger partial charge is 2.00 e. The van der Waals surface area contributed by atoms with E-state index >= 15 is 0 Å². The van der Waals surface area contributed by atoms with Gasteiger partial charge in [-0.1, -0.05) is 0 Å². The van der Waals surface area contributed by atoms with Crippen molar-refractivity contribution in [1.29, 1.82) is 0 Å². The smallest absolute Gasteiger partial charge is 2.00 e. The molecule has 0 saturated carbocycles. The molecule has 0 bridgehead atoms. The number of carbonyl (C=O) groups is 2. The van der Waals surface area contributed by atoms with E-state index in [0.717, 1.165) is 0 Å². The molecule has 0 aromatic heterocycles. The third-order valence-corrected chi connectivity index (χ3v) is 9.56. The van der Waals surface area contributed by atoms with Gasteiger partial charge >= 0.3 is 144 Å². The molecule has 16 heavy (non-hydrogen) atoms. The number of alkyl halides is 4. The van der Waals surface area contributed by atoms with Gasteiger partial charge < -0.3 is 0 Å². The Morgan fingerprint density at radius 3 is 1.75 bits per heavy atom. The minimum Gasteiger partial charge on any atom is 2.00 e. The summed E-state index contributed by atoms with van der Waals surface area (Å²) in [4.78, 5) is 20.9. The number of carboxylic acids is 2. The normalized spacial score (nSPS) is 14.8. The molecule has 0 rings (SSSR count). The molecule has 0 N–H and O–H groups in total. The van der Waals surface area contributed by atoms with E-state index in [2.05, 4.69) is 63.7 Å². The predicted octanol–water partition coefficient (Wildman–Crippen LogP) is 0.304. The number of carbonyl (C=O) groups excluding carboxylic acids is 2. The quantitative estimate of drug-likeness (QED) is 0.350. The van der Waals surface area contributed by atoms with Gasteiger partial charge in [-0.25, -0.2) is 0 Å². The summed E-state index contributed by atoms with van der Waals surface area (Å²) in [5, 5.41) is 20.6. The molecule has 96 valence electrons. The van der Waals surface area contributed by atoms with E-state index in [9.17, 15) is 19.8 Å². The maximum Gasteiger partial charge on any atom is 2.00 e. The number of rotatable bonds is 5. The number of hydrogen-bond acceptors (Lipinski definition) is 4. The molecule has 1 atom stereocenters. The molecule has 0 saturated heterocycles. The van der Waals surface area contributed by atoms with E-state index in [0.29, 0.717) is 0 Å². The van der Waals surface area contributed by atoms with Crippen LogP contribution >= 0.6 is 63.7 Å². The Morgan fingerprint density at radius 2 is 1.50 bits per heavy atom. The average Bonchev–Trinajstić information content (AvgIpc) is 1.97. The number of hydrogen-bond donors (Lipinski definition) is 0. The van der Waals surface area contributed by atoms with Crippen molar-refractivity contribution in [2.24, 2.45) is 0 Å². The number of carboxylic acid groups (broad SMARTS) is 2. The van der Waals surface area contributed by atoms with Crippen LogP contribution in [0.4, 0.5) is 0 Å². The van der Waals surface area contributed by atoms with Crippen LogP contribution in [0.2, 0.25) is 5.32 Å². The van der Waals surface area contributed by atoms with Crippen molar-refractivity contribution in [2.45, 2.75) is 17.1 Å². The summed E-state index contributed by atoms with van der Waals surface area (Å²) >= 11 is 12.5. The van der Waals surface area contributed by atoms with Crippen molar-refractivity contribution in [3.63, 3.8) is 0 Å². The van der Waals surface area contributed by atoms with Gasteiger partial charge in [0.2, 0.25) is 0 Å². The third kappa shape index (κ3) is 7.35. The van der Waals surface area contributed by atoms with Crippen LogP contribution in [0, 0.1) is 0 Å². The zero-order valence-electron chi connectivity index (χ0n) is 7.27. The molecule has 0 heterocycles. The zero-order valence-corrected chi connectivity index (χ0v) is 15.8. The topological polar surface area (TPSA) is 80.3 Å². The predicted molar refractivity (Wildman–Crippen MR) is 60.6 cm³/mol. The Kier molecular flexibility index (Phi) is 10.3. The summed E-state index contributed by atoms with van der Waals surface area (Å²) in [6, 6.07) is 0. The van der Waals surface area contributed by atoms with Crippen LogP contribution in [0.3, 0.4) is 0 Å². The first-order chi connectivity index (χ1) is 6.58. The SMILES string of the molecule is O=C([O-])[CH2][Mn][C](Br)(CC(=O)[O-])C(Br)(Br)Br.[Co+2]. The standard InChI is InChI=1S/C4H3Br4O2.C2H3O2.Co.Mn/c5-2(1-3(9)10)4(6,7)8;1-2(3)4;;/h1H2,(H,9,10);1H2,(H,3,4);;/q;;+2;/p-2. The summed E-state index contributed by atoms with van der Waals surface area (Å²) in [5.41, 5.74) is 0. The molecule has 0 amide bonds. The van der Waals surface area contributed by atoms with Gasteiger partial charge in [-0.05, 0) is 0 Å². The molecule has 0 aromatic carbocycles. The van der Waals surface area contributed by atoms with Crippen molar-refractivity contribution < 1.29 is 51.5 Å². The van der Waals surface area contributed by atoms with Crippen LogP contribution in [0.25, 0.3) is 0 Å². The minimum absolute atomic E-state index is 0. The zero-order chi connectivity index (χ0) is 12.3. The first kappa shape index (κ1) is 20.2. The molecule has 0 aliphatic rings. The van der Waals surface area contributed by atoms with Crippen molar-refractivity contribution in [3.05, 3.63) is 0 Å². The molecule has 0 aromatic rings. The Hall–Kier alpha value is 1.89. The Morgan fingerprint density at radius 1 is 1.06 bits per heavy atom. The number of halogens is 4. The molecule has 10 heteroatoms. The summed E-state index contributed by atoms with van der Waals surface area (Å²) in [6.07, 6.45) is -0.345. The fourth-order valence-corrected chi connectivity index (χ4v) is 4.02. The first-order valence-corrected chi connectivity index (χ1v) is 7.94. The summed E-state index contributed by atoms with van der Waals surface area (Å²) in [7, 11) is 0. The molecule has 0 spiro atoms. The summed E-state index contributed by atoms with van der Waals surface area (Å²) in [6.45, 7) is 0. The maximum atomic E-state index is 10.5. The molecule has 1 unspecified atom stereocenters. The van der Waals surface area contributed by atoms with E-state index in [1.165, 1.54) is 0 Å². The van der Waals surface area contributed by atoms with E-state index < -0.39 is 17.3 Å². The minimum atomic E-state index is -1.28. The fraction of sp³-hybridized carbons (Fsp3) is 0.667. The second kappa shape index (κ2) is 8.14. The van der Waals surface area contributed by atoms with Crippen molar-refractivity contribution in [2.75, 3.05) is 0 Å². The van der Waals surface area contributed by atoms with Gasteiger partial charge in [0, 0.05) is 0 Å². The van der Waals surface area contributed by atoms with Gasteiger partial charge in [-0.3, -0.25) is 0 Å². The molecule has 1 radical (unpaired) electrons. The maximum absolute atomic E-state index is 10.5. The Bertz CT molecular complexity index is 272. The van der Waals surface area contributed by atoms with E-state index in [1.807, 2.05) is 0 Å². The Labute approximate surface area is 143 Å². The van der Waals surface area contributed by atoms with Crippen LogP contribution in [-0.2, 0) is 41.3 Å². The van der Waals surface area contributed by atoms with Gasteiger partial charge in [0.15, 0.2) is 0 Å². The van der Waals surface area contributed by atoms with E-state index in [-0.39, 0.29) is 43.5 Å². The van der Waals surface area contributed by atoms with Crippen molar-refractivity contribution in [1.82, 2.24) is 0 Å². The molecular formula is C6H4Br4CoMnO4. The van der Waals surface area contributed by atoms with E-state index in [4.69, 9.17) is 0 Å². The summed E-state index contributed by atoms with van der Waals surface area (Å²) < 4.78 is -1.92. The van der Waals surface area contributed by atoms with Crippen LogP contribution in [0.5, 0.6) is 0 Å². The molecule has 0 fully saturated rings. The average molecular weight is 574 g/mol. The molecular weight excluding hydrogens is 570 g/mol. The summed E-state index contributed by atoms with van der Waals surface area (Å²) in [5.74, 6) is -2.50. The van der Waals surface area contributed by atoms with Crippen LogP contribution in [0.15, 0.2) is 0 Å². The fourth-order valence-electron chi connectivity index (χ4n) is 0.565. The van der Waals surface area contributed by atoms with Crippen molar-refractivity contribution >= 4 is 75.7 Å². The van der Waals surface area contributed by atoms with Gasteiger partial charge in [-0.2, -0.15) is 0 Å². The van der Waals surface area contributed by atoms with Gasteiger partial charge in [0.05, 0.1) is 0 Å². The third-order valence-electron chi connectivity index (χ3n) is 1.17. The second-order valence-corrected chi connectivity index (χ2v) is 13.1. The number of aliphatic carboxylic acids is 2. The van der Waals surface area contributed by atoms with Gasteiger partial charge in [-0.15, -0.1) is 0 Å². The second-order valence-electron chi connectivity index (χ2n) is 2.39. The Balaban J connectivity index is 0. The van der Waals surface area contributed by atoms with Crippen molar-refractivity contribution in [3.8, 4) is 0 Å². The van der Waals surface area contributed by atoms with Gasteiger partial charge in [0.1, 0.15) is 0 Å². The first-order valence-electron chi connectivity index (χ1n) is 3.34. The molecule has 0 aliphatic carbocycles. The van der Waals surface area contributed by atoms with Gasteiger partial charge in [0.25, 0.3) is 0 Å².